The van der Waals surface area contributed by atoms with Crippen molar-refractivity contribution in [3.05, 3.63) is 42.0 Å². The van der Waals surface area contributed by atoms with E-state index in [0.29, 0.717) is 6.54 Å². The standard InChI is InChI=1S/C16H18N2O/c1-3-18-15-6-4-11(10-17)8-13(15)14-9-12(19-2)5-7-16(14)18/h4-9H,3,10,17H2,1-2H3. The molecule has 3 aromatic rings. The van der Waals surface area contributed by atoms with Crippen LogP contribution in [0.15, 0.2) is 36.4 Å². The minimum absolute atomic E-state index is 0.568. The largest absolute Gasteiger partial charge is 0.497 e. The highest BCUT2D eigenvalue weighted by Crippen LogP contribution is 2.32. The van der Waals surface area contributed by atoms with Crippen LogP contribution in [-0.4, -0.2) is 11.7 Å². The number of hydrogen-bond donors (Lipinski definition) is 1. The lowest BCUT2D eigenvalue weighted by atomic mass is 10.1. The van der Waals surface area contributed by atoms with E-state index in [4.69, 9.17) is 10.5 Å². The fourth-order valence-corrected chi connectivity index (χ4v) is 2.72. The summed E-state index contributed by atoms with van der Waals surface area (Å²) in [6, 6.07) is 12.7. The van der Waals surface area contributed by atoms with Gasteiger partial charge in [0.05, 0.1) is 7.11 Å². The lowest BCUT2D eigenvalue weighted by molar-refractivity contribution is 0.415. The van der Waals surface area contributed by atoms with E-state index >= 15 is 0 Å². The van der Waals surface area contributed by atoms with Gasteiger partial charge >= 0.3 is 0 Å². The summed E-state index contributed by atoms with van der Waals surface area (Å²) in [5, 5.41) is 2.48. The molecule has 0 aliphatic heterocycles. The van der Waals surface area contributed by atoms with Crippen LogP contribution in [0, 0.1) is 0 Å². The van der Waals surface area contributed by atoms with E-state index in [0.717, 1.165) is 17.9 Å². The Morgan fingerprint density at radius 1 is 1.05 bits per heavy atom. The first kappa shape index (κ1) is 12.1. The summed E-state index contributed by atoms with van der Waals surface area (Å²) >= 11 is 0. The quantitative estimate of drug-likeness (QED) is 0.779. The molecule has 0 bridgehead atoms. The van der Waals surface area contributed by atoms with Crippen LogP contribution in [0.25, 0.3) is 21.8 Å². The second-order valence-electron chi connectivity index (χ2n) is 4.68. The van der Waals surface area contributed by atoms with E-state index in [1.165, 1.54) is 21.8 Å². The smallest absolute Gasteiger partial charge is 0.119 e. The normalized spacial score (nSPS) is 11.3. The maximum atomic E-state index is 5.75. The Bertz CT molecular complexity index is 682. The summed E-state index contributed by atoms with van der Waals surface area (Å²) in [5.41, 5.74) is 9.40. The highest BCUT2D eigenvalue weighted by Gasteiger charge is 2.10. The second kappa shape index (κ2) is 4.59. The number of hydrogen-bond acceptors (Lipinski definition) is 2. The van der Waals surface area contributed by atoms with Crippen LogP contribution in [0.3, 0.4) is 0 Å². The molecule has 0 radical (unpaired) electrons. The van der Waals surface area contributed by atoms with Crippen molar-refractivity contribution in [1.29, 1.82) is 0 Å². The Kier molecular flexibility index (Phi) is 2.91. The third kappa shape index (κ3) is 1.78. The zero-order chi connectivity index (χ0) is 13.4. The average Bonchev–Trinajstić information content (AvgIpc) is 2.79. The van der Waals surface area contributed by atoms with Crippen LogP contribution in [0.1, 0.15) is 12.5 Å². The SMILES string of the molecule is CCn1c2ccc(CN)cc2c2cc(OC)ccc21. The number of aryl methyl sites for hydroxylation is 1. The van der Waals surface area contributed by atoms with Gasteiger partial charge in [-0.2, -0.15) is 0 Å². The number of aromatic nitrogens is 1. The molecule has 2 N–H and O–H groups in total. The highest BCUT2D eigenvalue weighted by molar-refractivity contribution is 6.08. The molecule has 0 atom stereocenters. The Morgan fingerprint density at radius 2 is 1.74 bits per heavy atom. The van der Waals surface area contributed by atoms with Crippen molar-refractivity contribution in [2.75, 3.05) is 7.11 Å². The Balaban J connectivity index is 2.44. The maximum absolute atomic E-state index is 5.75. The van der Waals surface area contributed by atoms with Gasteiger partial charge < -0.3 is 15.0 Å². The van der Waals surface area contributed by atoms with E-state index in [1.54, 1.807) is 7.11 Å². The maximum Gasteiger partial charge on any atom is 0.119 e. The van der Waals surface area contributed by atoms with Gasteiger partial charge in [-0.05, 0) is 42.8 Å². The zero-order valence-corrected chi connectivity index (χ0v) is 11.3. The molecule has 3 nitrogen and oxygen atoms in total. The van der Waals surface area contributed by atoms with Crippen LogP contribution in [0.4, 0.5) is 0 Å². The molecule has 0 unspecified atom stereocenters. The fraction of sp³-hybridized carbons (Fsp3) is 0.250. The van der Waals surface area contributed by atoms with Gasteiger partial charge in [-0.15, -0.1) is 0 Å². The van der Waals surface area contributed by atoms with Gasteiger partial charge in [0.2, 0.25) is 0 Å². The molecule has 1 heterocycles. The number of fused-ring (bicyclic) bond motifs is 3. The first-order chi connectivity index (χ1) is 9.28. The molecule has 1 aromatic heterocycles. The highest BCUT2D eigenvalue weighted by atomic mass is 16.5. The minimum Gasteiger partial charge on any atom is -0.497 e. The first-order valence-corrected chi connectivity index (χ1v) is 6.57. The van der Waals surface area contributed by atoms with Crippen molar-refractivity contribution in [1.82, 2.24) is 4.57 Å². The number of rotatable bonds is 3. The van der Waals surface area contributed by atoms with Crippen LogP contribution < -0.4 is 10.5 Å². The fourth-order valence-electron chi connectivity index (χ4n) is 2.72. The molecule has 3 heteroatoms. The van der Waals surface area contributed by atoms with E-state index in [-0.39, 0.29) is 0 Å². The van der Waals surface area contributed by atoms with Gasteiger partial charge in [0.25, 0.3) is 0 Å². The van der Waals surface area contributed by atoms with Crippen LogP contribution in [0.2, 0.25) is 0 Å². The van der Waals surface area contributed by atoms with Gasteiger partial charge in [0.15, 0.2) is 0 Å². The van der Waals surface area contributed by atoms with Crippen molar-refractivity contribution in [3.8, 4) is 5.75 Å². The van der Waals surface area contributed by atoms with Crippen molar-refractivity contribution in [2.45, 2.75) is 20.0 Å². The van der Waals surface area contributed by atoms with Crippen molar-refractivity contribution in [2.24, 2.45) is 5.73 Å². The summed E-state index contributed by atoms with van der Waals surface area (Å²) in [6.07, 6.45) is 0. The van der Waals surface area contributed by atoms with Gasteiger partial charge in [0.1, 0.15) is 5.75 Å². The summed E-state index contributed by atoms with van der Waals surface area (Å²) in [5.74, 6) is 0.890. The monoisotopic (exact) mass is 254 g/mol. The molecular weight excluding hydrogens is 236 g/mol. The molecule has 0 saturated carbocycles. The van der Waals surface area contributed by atoms with Gasteiger partial charge in [-0.1, -0.05) is 6.07 Å². The van der Waals surface area contributed by atoms with Crippen molar-refractivity contribution < 1.29 is 4.74 Å². The summed E-state index contributed by atoms with van der Waals surface area (Å²) in [7, 11) is 1.70. The molecule has 19 heavy (non-hydrogen) atoms. The molecule has 2 aromatic carbocycles. The zero-order valence-electron chi connectivity index (χ0n) is 11.3. The Morgan fingerprint density at radius 3 is 2.37 bits per heavy atom. The van der Waals surface area contributed by atoms with Gasteiger partial charge in [0, 0.05) is 34.9 Å². The molecule has 0 aliphatic carbocycles. The Hall–Kier alpha value is -2.00. The lowest BCUT2D eigenvalue weighted by Gasteiger charge is -2.03. The molecule has 0 fully saturated rings. The second-order valence-corrected chi connectivity index (χ2v) is 4.68. The Labute approximate surface area is 112 Å². The predicted molar refractivity (Wildman–Crippen MR) is 79.6 cm³/mol. The topological polar surface area (TPSA) is 40.2 Å². The molecule has 0 spiro atoms. The van der Waals surface area contributed by atoms with Crippen LogP contribution in [0.5, 0.6) is 5.75 Å². The first-order valence-electron chi connectivity index (χ1n) is 6.57. The van der Waals surface area contributed by atoms with E-state index in [2.05, 4.69) is 41.8 Å². The summed E-state index contributed by atoms with van der Waals surface area (Å²) in [6.45, 7) is 3.69. The summed E-state index contributed by atoms with van der Waals surface area (Å²) in [4.78, 5) is 0. The number of nitrogens with two attached hydrogens (primary N) is 1. The molecule has 98 valence electrons. The number of ether oxygens (including phenoxy) is 1. The number of methoxy groups -OCH3 is 1. The number of benzene rings is 2. The average molecular weight is 254 g/mol. The van der Waals surface area contributed by atoms with Crippen LogP contribution >= 0.6 is 0 Å². The third-order valence-corrected chi connectivity index (χ3v) is 3.69. The lowest BCUT2D eigenvalue weighted by Crippen LogP contribution is -1.96. The number of nitrogens with zero attached hydrogens (tertiary/aromatic N) is 1. The molecular formula is C16H18N2O. The summed E-state index contributed by atoms with van der Waals surface area (Å²) < 4.78 is 7.66. The molecule has 0 amide bonds. The van der Waals surface area contributed by atoms with Gasteiger partial charge in [-0.25, -0.2) is 0 Å². The van der Waals surface area contributed by atoms with E-state index in [9.17, 15) is 0 Å². The molecule has 0 saturated heterocycles. The predicted octanol–water partition coefficient (Wildman–Crippen LogP) is 3.28. The van der Waals surface area contributed by atoms with E-state index in [1.807, 2.05) is 6.07 Å². The third-order valence-electron chi connectivity index (χ3n) is 3.69. The molecule has 0 aliphatic rings. The van der Waals surface area contributed by atoms with Crippen molar-refractivity contribution >= 4 is 21.8 Å². The van der Waals surface area contributed by atoms with Crippen LogP contribution in [-0.2, 0) is 13.1 Å². The minimum atomic E-state index is 0.568. The van der Waals surface area contributed by atoms with Gasteiger partial charge in [-0.3, -0.25) is 0 Å². The van der Waals surface area contributed by atoms with E-state index < -0.39 is 0 Å². The van der Waals surface area contributed by atoms with Crippen molar-refractivity contribution in [3.63, 3.8) is 0 Å². The molecule has 3 rings (SSSR count).